The molecule has 1 rings (SSSR count). The summed E-state index contributed by atoms with van der Waals surface area (Å²) in [6.45, 7) is 2.59. The van der Waals surface area contributed by atoms with Crippen molar-refractivity contribution in [3.05, 3.63) is 22.3 Å². The van der Waals surface area contributed by atoms with Gasteiger partial charge in [0.15, 0.2) is 6.29 Å². The lowest BCUT2D eigenvalue weighted by Crippen LogP contribution is -2.23. The van der Waals surface area contributed by atoms with Crippen LogP contribution in [0.1, 0.15) is 5.56 Å². The molecule has 1 aromatic rings. The van der Waals surface area contributed by atoms with Crippen molar-refractivity contribution < 1.29 is 9.47 Å². The summed E-state index contributed by atoms with van der Waals surface area (Å²) in [6, 6.07) is 1.96. The molecule has 0 bridgehead atoms. The van der Waals surface area contributed by atoms with Crippen LogP contribution < -0.4 is 5.32 Å². The number of hydrogen-bond donors (Lipinski definition) is 1. The maximum Gasteiger partial charge on any atom is 0.173 e. The van der Waals surface area contributed by atoms with Gasteiger partial charge in [-0.15, -0.1) is 0 Å². The third-order valence-corrected chi connectivity index (χ3v) is 2.85. The molecule has 0 fully saturated rings. The number of hydrogen-bond acceptors (Lipinski definition) is 4. The predicted octanol–water partition coefficient (Wildman–Crippen LogP) is 2.18. The highest BCUT2D eigenvalue weighted by Gasteiger charge is 2.05. The number of anilines is 1. The summed E-state index contributed by atoms with van der Waals surface area (Å²) in [7, 11) is 3.21. The summed E-state index contributed by atoms with van der Waals surface area (Å²) < 4.78 is 11.1. The highest BCUT2D eigenvalue weighted by molar-refractivity contribution is 9.10. The Morgan fingerprint density at radius 3 is 2.67 bits per heavy atom. The van der Waals surface area contributed by atoms with Crippen molar-refractivity contribution in [2.75, 3.05) is 26.1 Å². The van der Waals surface area contributed by atoms with E-state index in [2.05, 4.69) is 26.2 Å². The van der Waals surface area contributed by atoms with Crippen LogP contribution in [0.4, 0.5) is 5.82 Å². The molecular weight excluding hydrogens is 260 g/mol. The Hall–Kier alpha value is -0.650. The minimum absolute atomic E-state index is 0.254. The summed E-state index contributed by atoms with van der Waals surface area (Å²) in [5, 5.41) is 3.13. The number of nitrogens with zero attached hydrogens (tertiary/aromatic N) is 1. The van der Waals surface area contributed by atoms with Gasteiger partial charge in [-0.1, -0.05) is 0 Å². The molecule has 1 aromatic heterocycles. The molecule has 4 nitrogen and oxygen atoms in total. The number of pyridine rings is 1. The van der Waals surface area contributed by atoms with Gasteiger partial charge in [0.25, 0.3) is 0 Å². The number of nitrogens with one attached hydrogen (secondary N) is 1. The van der Waals surface area contributed by atoms with Gasteiger partial charge in [-0.3, -0.25) is 0 Å². The van der Waals surface area contributed by atoms with Crippen molar-refractivity contribution in [3.8, 4) is 0 Å². The number of aryl methyl sites for hydroxylation is 1. The van der Waals surface area contributed by atoms with Crippen LogP contribution in [0.3, 0.4) is 0 Å². The molecule has 0 atom stereocenters. The van der Waals surface area contributed by atoms with E-state index >= 15 is 0 Å². The second-order valence-corrected chi connectivity index (χ2v) is 3.95. The maximum atomic E-state index is 5.05. The van der Waals surface area contributed by atoms with Crippen LogP contribution >= 0.6 is 15.9 Å². The van der Waals surface area contributed by atoms with E-state index in [-0.39, 0.29) is 6.29 Å². The first-order chi connectivity index (χ1) is 7.17. The van der Waals surface area contributed by atoms with Crippen LogP contribution in [0.15, 0.2) is 16.7 Å². The van der Waals surface area contributed by atoms with E-state index in [1.165, 1.54) is 0 Å². The Kier molecular flexibility index (Phi) is 5.01. The SMILES string of the molecule is COC(CNc1cc(C)c(Br)cn1)OC. The summed E-state index contributed by atoms with van der Waals surface area (Å²) in [5.41, 5.74) is 1.14. The second-order valence-electron chi connectivity index (χ2n) is 3.10. The van der Waals surface area contributed by atoms with Crippen LogP contribution in [0, 0.1) is 6.92 Å². The van der Waals surface area contributed by atoms with Gasteiger partial charge < -0.3 is 14.8 Å². The van der Waals surface area contributed by atoms with Gasteiger partial charge in [0.2, 0.25) is 0 Å². The molecule has 0 unspecified atom stereocenters. The van der Waals surface area contributed by atoms with Gasteiger partial charge in [0.1, 0.15) is 5.82 Å². The average molecular weight is 275 g/mol. The monoisotopic (exact) mass is 274 g/mol. The Morgan fingerprint density at radius 2 is 2.13 bits per heavy atom. The van der Waals surface area contributed by atoms with E-state index in [0.29, 0.717) is 6.54 Å². The standard InChI is InChI=1S/C10H15BrN2O2/c1-7-4-9(12-5-8(7)11)13-6-10(14-2)15-3/h4-5,10H,6H2,1-3H3,(H,12,13). The minimum atomic E-state index is -0.254. The molecule has 0 saturated carbocycles. The molecular formula is C10H15BrN2O2. The smallest absolute Gasteiger partial charge is 0.173 e. The summed E-state index contributed by atoms with van der Waals surface area (Å²) >= 11 is 3.40. The predicted molar refractivity (Wildman–Crippen MR) is 63.0 cm³/mol. The van der Waals surface area contributed by atoms with Gasteiger partial charge >= 0.3 is 0 Å². The van der Waals surface area contributed by atoms with Gasteiger partial charge in [-0.25, -0.2) is 4.98 Å². The van der Waals surface area contributed by atoms with Crippen LogP contribution in [0.25, 0.3) is 0 Å². The molecule has 0 aliphatic rings. The Labute approximate surface area is 98.1 Å². The van der Waals surface area contributed by atoms with Crippen molar-refractivity contribution in [1.82, 2.24) is 4.98 Å². The minimum Gasteiger partial charge on any atom is -0.365 e. The summed E-state index contributed by atoms with van der Waals surface area (Å²) in [5.74, 6) is 0.815. The molecule has 0 aliphatic heterocycles. The number of rotatable bonds is 5. The summed E-state index contributed by atoms with van der Waals surface area (Å²) in [6.07, 6.45) is 1.52. The molecule has 0 spiro atoms. The van der Waals surface area contributed by atoms with Crippen LogP contribution in [-0.2, 0) is 9.47 Å². The molecule has 84 valence electrons. The molecule has 0 aliphatic carbocycles. The number of ether oxygens (including phenoxy) is 2. The highest BCUT2D eigenvalue weighted by Crippen LogP contribution is 2.17. The fraction of sp³-hybridized carbons (Fsp3) is 0.500. The molecule has 0 saturated heterocycles. The largest absolute Gasteiger partial charge is 0.365 e. The van der Waals surface area contributed by atoms with Crippen molar-refractivity contribution in [2.24, 2.45) is 0 Å². The molecule has 0 amide bonds. The zero-order chi connectivity index (χ0) is 11.3. The maximum absolute atomic E-state index is 5.05. The van der Waals surface area contributed by atoms with Gasteiger partial charge in [-0.05, 0) is 34.5 Å². The molecule has 1 heterocycles. The second kappa shape index (κ2) is 6.05. The molecule has 1 N–H and O–H groups in total. The quantitative estimate of drug-likeness (QED) is 0.836. The van der Waals surface area contributed by atoms with Gasteiger partial charge in [0.05, 0.1) is 6.54 Å². The van der Waals surface area contributed by atoms with E-state index < -0.39 is 0 Å². The van der Waals surface area contributed by atoms with Gasteiger partial charge in [-0.2, -0.15) is 0 Å². The third kappa shape index (κ3) is 3.77. The number of halogens is 1. The van der Waals surface area contributed by atoms with E-state index in [0.717, 1.165) is 15.9 Å². The van der Waals surface area contributed by atoms with E-state index in [9.17, 15) is 0 Å². The van der Waals surface area contributed by atoms with Crippen LogP contribution in [0.2, 0.25) is 0 Å². The normalized spacial score (nSPS) is 10.7. The lowest BCUT2D eigenvalue weighted by atomic mass is 10.3. The van der Waals surface area contributed by atoms with Crippen molar-refractivity contribution in [3.63, 3.8) is 0 Å². The lowest BCUT2D eigenvalue weighted by Gasteiger charge is -2.14. The van der Waals surface area contributed by atoms with Crippen molar-refractivity contribution >= 4 is 21.7 Å². The zero-order valence-electron chi connectivity index (χ0n) is 9.08. The first-order valence-electron chi connectivity index (χ1n) is 4.59. The fourth-order valence-corrected chi connectivity index (χ4v) is 1.30. The third-order valence-electron chi connectivity index (χ3n) is 2.02. The van der Waals surface area contributed by atoms with Crippen LogP contribution in [-0.4, -0.2) is 32.0 Å². The molecule has 15 heavy (non-hydrogen) atoms. The van der Waals surface area contributed by atoms with Crippen molar-refractivity contribution in [2.45, 2.75) is 13.2 Å². The van der Waals surface area contributed by atoms with E-state index in [4.69, 9.17) is 9.47 Å². The topological polar surface area (TPSA) is 43.4 Å². The average Bonchev–Trinajstić information content (AvgIpc) is 2.24. The number of aromatic nitrogens is 1. The van der Waals surface area contributed by atoms with Crippen LogP contribution in [0.5, 0.6) is 0 Å². The molecule has 5 heteroatoms. The zero-order valence-corrected chi connectivity index (χ0v) is 10.7. The first kappa shape index (κ1) is 12.4. The Morgan fingerprint density at radius 1 is 1.47 bits per heavy atom. The Bertz CT molecular complexity index is 316. The van der Waals surface area contributed by atoms with E-state index in [1.54, 1.807) is 20.4 Å². The number of methoxy groups -OCH3 is 2. The van der Waals surface area contributed by atoms with E-state index in [1.807, 2.05) is 13.0 Å². The molecule has 0 radical (unpaired) electrons. The van der Waals surface area contributed by atoms with Crippen molar-refractivity contribution in [1.29, 1.82) is 0 Å². The fourth-order valence-electron chi connectivity index (χ4n) is 1.09. The first-order valence-corrected chi connectivity index (χ1v) is 5.38. The summed E-state index contributed by atoms with van der Waals surface area (Å²) in [4.78, 5) is 4.21. The molecule has 0 aromatic carbocycles. The van der Waals surface area contributed by atoms with Gasteiger partial charge in [0, 0.05) is 24.9 Å². The highest BCUT2D eigenvalue weighted by atomic mass is 79.9. The Balaban J connectivity index is 2.54. The lowest BCUT2D eigenvalue weighted by molar-refractivity contribution is -0.0914.